The summed E-state index contributed by atoms with van der Waals surface area (Å²) in [5, 5.41) is 55.6. The maximum Gasteiger partial charge on any atom is 0.397 e. The number of unbranched alkanes of at least 4 members (excludes halogenated alkanes) is 31. The van der Waals surface area contributed by atoms with E-state index in [-0.39, 0.29) is 6.42 Å². The number of aliphatic hydroxyl groups is 5. The van der Waals surface area contributed by atoms with Crippen molar-refractivity contribution in [2.24, 2.45) is 0 Å². The summed E-state index contributed by atoms with van der Waals surface area (Å²) in [6.07, 6.45) is 35.3. The molecule has 65 heavy (non-hydrogen) atoms. The molecule has 1 fully saturated rings. The highest BCUT2D eigenvalue weighted by Crippen LogP contribution is 2.26. The second kappa shape index (κ2) is 41.7. The van der Waals surface area contributed by atoms with Crippen molar-refractivity contribution in [3.63, 3.8) is 0 Å². The minimum Gasteiger partial charge on any atom is -0.394 e. The third-order valence-electron chi connectivity index (χ3n) is 12.9. The van der Waals surface area contributed by atoms with Crippen LogP contribution in [0.2, 0.25) is 0 Å². The Morgan fingerprint density at radius 2 is 0.985 bits per heavy atom. The molecule has 0 saturated carbocycles. The molecule has 0 aromatic carbocycles. The lowest BCUT2D eigenvalue weighted by Crippen LogP contribution is -2.61. The van der Waals surface area contributed by atoms with Crippen molar-refractivity contribution in [2.45, 2.75) is 294 Å². The van der Waals surface area contributed by atoms with Crippen LogP contribution in [-0.2, 0) is 28.9 Å². The van der Waals surface area contributed by atoms with Crippen LogP contribution < -0.4 is 5.32 Å². The smallest absolute Gasteiger partial charge is 0.394 e. The van der Waals surface area contributed by atoms with Crippen LogP contribution in [0.5, 0.6) is 0 Å². The Labute approximate surface area is 396 Å². The molecule has 7 N–H and O–H groups in total. The van der Waals surface area contributed by atoms with Crippen LogP contribution in [0.4, 0.5) is 0 Å². The molecule has 13 nitrogen and oxygen atoms in total. The monoisotopic (exact) mass is 950 g/mol. The molecule has 1 saturated heterocycles. The molecule has 1 aliphatic heterocycles. The van der Waals surface area contributed by atoms with Crippen LogP contribution in [0.15, 0.2) is 12.2 Å². The highest BCUT2D eigenvalue weighted by molar-refractivity contribution is 7.80. The van der Waals surface area contributed by atoms with Gasteiger partial charge < -0.3 is 40.3 Å². The van der Waals surface area contributed by atoms with E-state index in [2.05, 4.69) is 35.5 Å². The fourth-order valence-corrected chi connectivity index (χ4v) is 9.21. The largest absolute Gasteiger partial charge is 0.397 e. The van der Waals surface area contributed by atoms with Gasteiger partial charge in [0.2, 0.25) is 5.91 Å². The molecule has 0 spiro atoms. The van der Waals surface area contributed by atoms with Crippen LogP contribution in [0.1, 0.15) is 245 Å². The molecule has 1 heterocycles. The average Bonchev–Trinajstić information content (AvgIpc) is 3.28. The van der Waals surface area contributed by atoms with Crippen LogP contribution in [-0.4, -0.2) is 107 Å². The van der Waals surface area contributed by atoms with Crippen molar-refractivity contribution in [3.05, 3.63) is 12.2 Å². The Morgan fingerprint density at radius 3 is 1.38 bits per heavy atom. The Morgan fingerprint density at radius 1 is 0.600 bits per heavy atom. The van der Waals surface area contributed by atoms with Crippen molar-refractivity contribution in [1.82, 2.24) is 5.32 Å². The molecular weight excluding hydrogens is 851 g/mol. The molecule has 8 unspecified atom stereocenters. The highest BCUT2D eigenvalue weighted by atomic mass is 32.3. The lowest BCUT2D eigenvalue weighted by molar-refractivity contribution is -0.298. The van der Waals surface area contributed by atoms with E-state index in [1.807, 2.05) is 0 Å². The van der Waals surface area contributed by atoms with Crippen molar-refractivity contribution >= 4 is 16.3 Å². The van der Waals surface area contributed by atoms with Crippen molar-refractivity contribution in [3.8, 4) is 0 Å². The van der Waals surface area contributed by atoms with Crippen LogP contribution in [0, 0.1) is 0 Å². The Hall–Kier alpha value is -1.20. The van der Waals surface area contributed by atoms with Crippen LogP contribution in [0.3, 0.4) is 0 Å². The van der Waals surface area contributed by atoms with Gasteiger partial charge in [0.05, 0.1) is 25.4 Å². The fraction of sp³-hybridized carbons (Fsp3) is 0.941. The molecule has 0 aromatic rings. The summed E-state index contributed by atoms with van der Waals surface area (Å²) < 4.78 is 47.7. The summed E-state index contributed by atoms with van der Waals surface area (Å²) >= 11 is 0. The lowest BCUT2D eigenvalue weighted by Gasteiger charge is -2.41. The number of allylic oxidation sites excluding steroid dienone is 2. The number of nitrogens with one attached hydrogen (secondary N) is 1. The number of carbonyl (C=O) groups excluding carboxylic acids is 1. The van der Waals surface area contributed by atoms with Gasteiger partial charge in [-0.25, -0.2) is 4.18 Å². The summed E-state index contributed by atoms with van der Waals surface area (Å²) in [6.45, 7) is 3.30. The van der Waals surface area contributed by atoms with Crippen molar-refractivity contribution in [2.75, 3.05) is 13.2 Å². The summed E-state index contributed by atoms with van der Waals surface area (Å²) in [7, 11) is -5.11. The van der Waals surface area contributed by atoms with Crippen LogP contribution >= 0.6 is 0 Å². The van der Waals surface area contributed by atoms with Gasteiger partial charge in [0.25, 0.3) is 0 Å². The Kier molecular flexibility index (Phi) is 39.7. The molecule has 0 radical (unpaired) electrons. The van der Waals surface area contributed by atoms with E-state index in [0.29, 0.717) is 19.3 Å². The Bertz CT molecular complexity index is 1230. The van der Waals surface area contributed by atoms with E-state index >= 15 is 0 Å². The zero-order valence-corrected chi connectivity index (χ0v) is 42.0. The lowest BCUT2D eigenvalue weighted by atomic mass is 9.99. The molecule has 1 rings (SSSR count). The van der Waals surface area contributed by atoms with E-state index in [9.17, 15) is 43.3 Å². The van der Waals surface area contributed by atoms with Crippen molar-refractivity contribution in [1.29, 1.82) is 0 Å². The number of hydrogen-bond donors (Lipinski definition) is 7. The van der Waals surface area contributed by atoms with E-state index < -0.39 is 78.5 Å². The predicted molar refractivity (Wildman–Crippen MR) is 261 cm³/mol. The number of carbonyl (C=O) groups is 1. The van der Waals surface area contributed by atoms with Gasteiger partial charge >= 0.3 is 10.4 Å². The maximum atomic E-state index is 13.2. The molecule has 0 aromatic heterocycles. The minimum absolute atomic E-state index is 0.248. The number of rotatable bonds is 46. The molecule has 8 atom stereocenters. The first-order valence-corrected chi connectivity index (χ1v) is 28.0. The summed E-state index contributed by atoms with van der Waals surface area (Å²) in [5.74, 6) is -0.675. The molecule has 1 aliphatic rings. The number of ether oxygens (including phenoxy) is 2. The molecule has 386 valence electrons. The number of amides is 1. The van der Waals surface area contributed by atoms with Gasteiger partial charge in [0.1, 0.15) is 30.5 Å². The predicted octanol–water partition coefficient (Wildman–Crippen LogP) is 10.5. The number of aliphatic hydroxyl groups excluding tert-OH is 5. The van der Waals surface area contributed by atoms with E-state index in [4.69, 9.17) is 9.47 Å². The normalized spacial score (nSPS) is 20.6. The first-order valence-electron chi connectivity index (χ1n) is 26.7. The molecule has 14 heteroatoms. The summed E-state index contributed by atoms with van der Waals surface area (Å²) in [6, 6.07) is -1.04. The molecule has 1 amide bonds. The SMILES string of the molecule is CCCCCCCCC/C=C\CCCCCCC(O)C(=O)NC(COC1OC(CO)C(O)C(OS(=O)(=O)O)C1O)C(O)CCCCCCCCCCCCCCCCCCCCCCC. The van der Waals surface area contributed by atoms with Crippen LogP contribution in [0.25, 0.3) is 0 Å². The third kappa shape index (κ3) is 33.9. The second-order valence-electron chi connectivity index (χ2n) is 19.0. The second-order valence-corrected chi connectivity index (χ2v) is 20.0. The zero-order chi connectivity index (χ0) is 47.8. The Balaban J connectivity index is 2.46. The number of hydrogen-bond acceptors (Lipinski definition) is 11. The van der Waals surface area contributed by atoms with Gasteiger partial charge in [-0.15, -0.1) is 0 Å². The van der Waals surface area contributed by atoms with Gasteiger partial charge in [-0.05, 0) is 38.5 Å². The van der Waals surface area contributed by atoms with Gasteiger partial charge in [-0.3, -0.25) is 9.35 Å². The summed E-state index contributed by atoms with van der Waals surface area (Å²) in [4.78, 5) is 13.2. The van der Waals surface area contributed by atoms with Gasteiger partial charge in [-0.1, -0.05) is 219 Å². The van der Waals surface area contributed by atoms with E-state index in [1.165, 1.54) is 154 Å². The standard InChI is InChI=1S/C51H99NO12S/c1-3-5-7-9-11-13-15-17-19-20-21-22-23-24-26-27-29-31-33-35-37-39-44(54)43(42-62-51-48(57)49(64-65(59,60)61)47(56)46(41-53)63-51)52-50(58)45(55)40-38-36-34-32-30-28-25-18-16-14-12-10-8-6-4-2/h25,28,43-49,51,53-57H,3-24,26-27,29-42H2,1-2H3,(H,52,58)(H,59,60,61)/b28-25-. The fourth-order valence-electron chi connectivity index (χ4n) is 8.70. The van der Waals surface area contributed by atoms with Gasteiger partial charge in [0, 0.05) is 0 Å². The van der Waals surface area contributed by atoms with Gasteiger partial charge in [-0.2, -0.15) is 8.42 Å². The van der Waals surface area contributed by atoms with Gasteiger partial charge in [0.15, 0.2) is 6.29 Å². The molecule has 0 aliphatic carbocycles. The topological polar surface area (TPSA) is 212 Å². The van der Waals surface area contributed by atoms with E-state index in [1.54, 1.807) is 0 Å². The first-order chi connectivity index (χ1) is 31.4. The highest BCUT2D eigenvalue weighted by Gasteiger charge is 2.48. The minimum atomic E-state index is -5.11. The first kappa shape index (κ1) is 61.8. The zero-order valence-electron chi connectivity index (χ0n) is 41.2. The van der Waals surface area contributed by atoms with E-state index in [0.717, 1.165) is 51.4 Å². The molecular formula is C51H99NO12S. The third-order valence-corrected chi connectivity index (χ3v) is 13.4. The van der Waals surface area contributed by atoms with Crippen molar-refractivity contribution < 1.29 is 57.0 Å². The molecule has 0 bridgehead atoms. The quantitative estimate of drug-likeness (QED) is 0.0173. The average molecular weight is 950 g/mol. The maximum absolute atomic E-state index is 13.2. The summed E-state index contributed by atoms with van der Waals surface area (Å²) in [5.41, 5.74) is 0.